The molecule has 4 rings (SSSR count). The molecule has 0 atom stereocenters. The van der Waals surface area contributed by atoms with Crippen LogP contribution in [-0.2, 0) is 4.74 Å². The summed E-state index contributed by atoms with van der Waals surface area (Å²) in [7, 11) is 0. The topological polar surface area (TPSA) is 9.23 Å². The molecule has 0 aromatic carbocycles. The summed E-state index contributed by atoms with van der Waals surface area (Å²) in [6.07, 6.45) is 7.50. The molecule has 0 radical (unpaired) electrons. The monoisotopic (exact) mass is 244 g/mol. The minimum absolute atomic E-state index is 0.378. The van der Waals surface area contributed by atoms with Gasteiger partial charge in [0.2, 0.25) is 0 Å². The maximum absolute atomic E-state index is 5.59. The van der Waals surface area contributed by atoms with Crippen molar-refractivity contribution >= 4 is 11.6 Å². The van der Waals surface area contributed by atoms with Gasteiger partial charge in [0.25, 0.3) is 0 Å². The van der Waals surface area contributed by atoms with Gasteiger partial charge in [-0.15, -0.1) is 0 Å². The normalized spacial score (nSPS) is 44.1. The molecule has 94 valence electrons. The molecule has 0 amide bonds. The molecule has 4 aliphatic carbocycles. The van der Waals surface area contributed by atoms with Crippen molar-refractivity contribution in [3.8, 4) is 0 Å². The van der Waals surface area contributed by atoms with Crippen LogP contribution in [0, 0.1) is 29.6 Å². The Hall–Kier alpha value is 0.250. The summed E-state index contributed by atoms with van der Waals surface area (Å²) in [4.78, 5) is 0. The highest BCUT2D eigenvalue weighted by molar-refractivity contribution is 6.17. The van der Waals surface area contributed by atoms with E-state index in [0.29, 0.717) is 6.07 Å². The third-order valence-corrected chi connectivity index (χ3v) is 4.96. The molecule has 1 nitrogen and oxygen atoms in total. The van der Waals surface area contributed by atoms with Crippen LogP contribution in [0.3, 0.4) is 0 Å². The van der Waals surface area contributed by atoms with E-state index in [1.807, 2.05) is 13.8 Å². The zero-order chi connectivity index (χ0) is 11.5. The molecule has 0 aromatic heterocycles. The lowest BCUT2D eigenvalue weighted by Crippen LogP contribution is -2.46. The van der Waals surface area contributed by atoms with Crippen LogP contribution in [0.2, 0.25) is 0 Å². The molecule has 16 heavy (non-hydrogen) atoms. The highest BCUT2D eigenvalue weighted by atomic mass is 35.5. The second-order valence-electron chi connectivity index (χ2n) is 5.57. The molecule has 4 saturated carbocycles. The van der Waals surface area contributed by atoms with Crippen LogP contribution in [0.5, 0.6) is 0 Å². The SMILES string of the molecule is CC.ClCOCC1C2CC3CC(C2)CC1C3. The van der Waals surface area contributed by atoms with Crippen LogP contribution < -0.4 is 0 Å². The average Bonchev–Trinajstić information content (AvgIpc) is 2.30. The van der Waals surface area contributed by atoms with E-state index in [4.69, 9.17) is 16.3 Å². The van der Waals surface area contributed by atoms with Crippen LogP contribution in [0.15, 0.2) is 0 Å². The Balaban J connectivity index is 0.000000457. The summed E-state index contributed by atoms with van der Waals surface area (Å²) in [6.45, 7) is 4.93. The first-order valence-corrected chi connectivity index (χ1v) is 7.54. The van der Waals surface area contributed by atoms with Crippen molar-refractivity contribution < 1.29 is 4.74 Å². The first kappa shape index (κ1) is 12.7. The molecule has 0 aliphatic heterocycles. The molecule has 0 saturated heterocycles. The fourth-order valence-corrected chi connectivity index (χ4v) is 4.58. The highest BCUT2D eigenvalue weighted by Gasteiger charge is 2.47. The van der Waals surface area contributed by atoms with E-state index in [1.54, 1.807) is 0 Å². The summed E-state index contributed by atoms with van der Waals surface area (Å²) in [5.74, 6) is 4.96. The molecule has 2 heteroatoms. The molecule has 0 spiro atoms. The van der Waals surface area contributed by atoms with E-state index in [1.165, 1.54) is 32.1 Å². The van der Waals surface area contributed by atoms with E-state index in [9.17, 15) is 0 Å². The lowest BCUT2D eigenvalue weighted by Gasteiger charge is -2.54. The molecule has 0 unspecified atom stereocenters. The van der Waals surface area contributed by atoms with Crippen LogP contribution in [0.4, 0.5) is 0 Å². The van der Waals surface area contributed by atoms with Crippen molar-refractivity contribution in [2.75, 3.05) is 12.7 Å². The Bertz CT molecular complexity index is 189. The zero-order valence-electron chi connectivity index (χ0n) is 10.6. The maximum atomic E-state index is 5.59. The van der Waals surface area contributed by atoms with Gasteiger partial charge in [-0.3, -0.25) is 0 Å². The molecular weight excluding hydrogens is 220 g/mol. The van der Waals surface area contributed by atoms with E-state index in [0.717, 1.165) is 36.2 Å². The number of hydrogen-bond acceptors (Lipinski definition) is 1. The minimum atomic E-state index is 0.378. The predicted octanol–water partition coefficient (Wildman–Crippen LogP) is 4.30. The van der Waals surface area contributed by atoms with Gasteiger partial charge in [-0.05, 0) is 61.7 Å². The van der Waals surface area contributed by atoms with Gasteiger partial charge in [0.15, 0.2) is 0 Å². The fourth-order valence-electron chi connectivity index (χ4n) is 4.49. The molecule has 4 bridgehead atoms. The third-order valence-electron chi connectivity index (χ3n) is 4.81. The number of alkyl halides is 1. The third kappa shape index (κ3) is 2.41. The van der Waals surface area contributed by atoms with Gasteiger partial charge in [-0.25, -0.2) is 0 Å². The van der Waals surface area contributed by atoms with Gasteiger partial charge >= 0.3 is 0 Å². The maximum Gasteiger partial charge on any atom is 0.120 e. The number of rotatable bonds is 3. The summed E-state index contributed by atoms with van der Waals surface area (Å²) < 4.78 is 5.42. The molecule has 4 fully saturated rings. The summed E-state index contributed by atoms with van der Waals surface area (Å²) >= 11 is 5.59. The zero-order valence-corrected chi connectivity index (χ0v) is 11.4. The Kier molecular flexibility index (Phi) is 4.55. The van der Waals surface area contributed by atoms with Crippen molar-refractivity contribution in [1.29, 1.82) is 0 Å². The van der Waals surface area contributed by atoms with Gasteiger partial charge in [0.05, 0.1) is 6.61 Å². The van der Waals surface area contributed by atoms with E-state index >= 15 is 0 Å². The average molecular weight is 245 g/mol. The smallest absolute Gasteiger partial charge is 0.120 e. The quantitative estimate of drug-likeness (QED) is 0.673. The van der Waals surface area contributed by atoms with Gasteiger partial charge < -0.3 is 4.74 Å². The Morgan fingerprint density at radius 2 is 1.44 bits per heavy atom. The Labute approximate surface area is 105 Å². The van der Waals surface area contributed by atoms with Crippen molar-refractivity contribution in [3.05, 3.63) is 0 Å². The second-order valence-corrected chi connectivity index (χ2v) is 5.79. The number of halogens is 1. The summed E-state index contributed by atoms with van der Waals surface area (Å²) in [5, 5.41) is 0. The largest absolute Gasteiger partial charge is 0.365 e. The van der Waals surface area contributed by atoms with Gasteiger partial charge in [-0.1, -0.05) is 25.4 Å². The van der Waals surface area contributed by atoms with Crippen LogP contribution in [-0.4, -0.2) is 12.7 Å². The fraction of sp³-hybridized carbons (Fsp3) is 1.00. The van der Waals surface area contributed by atoms with Crippen LogP contribution >= 0.6 is 11.6 Å². The predicted molar refractivity (Wildman–Crippen MR) is 68.6 cm³/mol. The summed E-state index contributed by atoms with van der Waals surface area (Å²) in [6, 6.07) is 0.378. The van der Waals surface area contributed by atoms with E-state index in [-0.39, 0.29) is 0 Å². The second kappa shape index (κ2) is 5.73. The van der Waals surface area contributed by atoms with Crippen LogP contribution in [0.25, 0.3) is 0 Å². The van der Waals surface area contributed by atoms with Gasteiger partial charge in [0, 0.05) is 0 Å². The number of hydrogen-bond donors (Lipinski definition) is 0. The molecule has 0 N–H and O–H groups in total. The minimum Gasteiger partial charge on any atom is -0.365 e. The standard InChI is InChI=1S/C12H19ClO.C2H6/c13-7-14-6-12-10-2-8-1-9(4-10)5-11(12)3-8;1-2/h8-12H,1-7H2;1-2H3. The Morgan fingerprint density at radius 1 is 0.938 bits per heavy atom. The first-order valence-electron chi connectivity index (χ1n) is 7.00. The highest BCUT2D eigenvalue weighted by Crippen LogP contribution is 2.56. The molecule has 0 heterocycles. The van der Waals surface area contributed by atoms with Gasteiger partial charge in [-0.2, -0.15) is 0 Å². The molecule has 4 aliphatic rings. The molecular formula is C14H25ClO. The molecule has 0 aromatic rings. The lowest BCUT2D eigenvalue weighted by atomic mass is 9.52. The first-order chi connectivity index (χ1) is 7.86. The van der Waals surface area contributed by atoms with Crippen molar-refractivity contribution in [2.24, 2.45) is 29.6 Å². The van der Waals surface area contributed by atoms with Crippen molar-refractivity contribution in [1.82, 2.24) is 0 Å². The summed E-state index contributed by atoms with van der Waals surface area (Å²) in [5.41, 5.74) is 0. The van der Waals surface area contributed by atoms with E-state index in [2.05, 4.69) is 0 Å². The van der Waals surface area contributed by atoms with Crippen LogP contribution in [0.1, 0.15) is 46.0 Å². The van der Waals surface area contributed by atoms with Gasteiger partial charge in [0.1, 0.15) is 6.07 Å². The lowest BCUT2D eigenvalue weighted by molar-refractivity contribution is -0.0663. The number of ether oxygens (including phenoxy) is 1. The van der Waals surface area contributed by atoms with Crippen molar-refractivity contribution in [2.45, 2.75) is 46.0 Å². The Morgan fingerprint density at radius 3 is 1.88 bits per heavy atom. The van der Waals surface area contributed by atoms with E-state index < -0.39 is 0 Å². The van der Waals surface area contributed by atoms with Crippen molar-refractivity contribution in [3.63, 3.8) is 0 Å².